The predicted octanol–water partition coefficient (Wildman–Crippen LogP) is 3.53. The molecule has 0 fully saturated rings. The third kappa shape index (κ3) is 5.35. The minimum atomic E-state index is -0.783. The van der Waals surface area contributed by atoms with Crippen LogP contribution in [0.25, 0.3) is 11.0 Å². The standard InChI is InChI=1S/C24H25NO5/c1-15(2)23(25-21(26)12-17-7-5-4-6-8-17)24(28)29-14-18-13-22(27)30-20-11-16(3)9-10-19(18)20/h4-11,13,15,23H,12,14H2,1-3H3,(H,25,26)/t23-/m0/s1. The van der Waals surface area contributed by atoms with E-state index in [2.05, 4.69) is 5.32 Å². The molecule has 1 amide bonds. The lowest BCUT2D eigenvalue weighted by Gasteiger charge is -2.21. The monoisotopic (exact) mass is 407 g/mol. The van der Waals surface area contributed by atoms with Crippen molar-refractivity contribution in [2.75, 3.05) is 0 Å². The average molecular weight is 407 g/mol. The van der Waals surface area contributed by atoms with Gasteiger partial charge in [-0.3, -0.25) is 4.79 Å². The van der Waals surface area contributed by atoms with Crippen LogP contribution in [0.2, 0.25) is 0 Å². The highest BCUT2D eigenvalue weighted by atomic mass is 16.5. The summed E-state index contributed by atoms with van der Waals surface area (Å²) in [7, 11) is 0. The van der Waals surface area contributed by atoms with Crippen molar-refractivity contribution in [3.8, 4) is 0 Å². The lowest BCUT2D eigenvalue weighted by Crippen LogP contribution is -2.45. The molecule has 0 aliphatic carbocycles. The first-order chi connectivity index (χ1) is 14.3. The number of carbonyl (C=O) groups is 2. The number of hydrogen-bond donors (Lipinski definition) is 1. The zero-order valence-electron chi connectivity index (χ0n) is 17.3. The normalized spacial score (nSPS) is 12.0. The van der Waals surface area contributed by atoms with Crippen LogP contribution < -0.4 is 10.9 Å². The fraction of sp³-hybridized carbons (Fsp3) is 0.292. The molecule has 0 spiro atoms. The topological polar surface area (TPSA) is 85.6 Å². The predicted molar refractivity (Wildman–Crippen MR) is 114 cm³/mol. The SMILES string of the molecule is Cc1ccc2c(COC(=O)[C@@H](NC(=O)Cc3ccccc3)C(C)C)cc(=O)oc2c1. The lowest BCUT2D eigenvalue weighted by atomic mass is 10.0. The molecular formula is C24H25NO5. The van der Waals surface area contributed by atoms with E-state index in [1.54, 1.807) is 6.07 Å². The van der Waals surface area contributed by atoms with Crippen LogP contribution in [-0.4, -0.2) is 17.9 Å². The lowest BCUT2D eigenvalue weighted by molar-refractivity contribution is -0.150. The number of esters is 1. The van der Waals surface area contributed by atoms with Crippen molar-refractivity contribution in [3.05, 3.63) is 81.7 Å². The van der Waals surface area contributed by atoms with Crippen molar-refractivity contribution in [1.29, 1.82) is 0 Å². The Balaban J connectivity index is 1.69. The number of rotatable bonds is 7. The van der Waals surface area contributed by atoms with Crippen molar-refractivity contribution < 1.29 is 18.7 Å². The number of fused-ring (bicyclic) bond motifs is 1. The van der Waals surface area contributed by atoms with Gasteiger partial charge in [-0.2, -0.15) is 0 Å². The minimum Gasteiger partial charge on any atom is -0.459 e. The van der Waals surface area contributed by atoms with Crippen molar-refractivity contribution in [2.45, 2.75) is 39.8 Å². The summed E-state index contributed by atoms with van der Waals surface area (Å²) in [6, 6.07) is 15.4. The first kappa shape index (κ1) is 21.3. The number of aryl methyl sites for hydroxylation is 1. The van der Waals surface area contributed by atoms with Gasteiger partial charge in [0.1, 0.15) is 18.2 Å². The third-order valence-electron chi connectivity index (χ3n) is 4.80. The van der Waals surface area contributed by atoms with E-state index in [1.807, 2.05) is 63.2 Å². The fourth-order valence-corrected chi connectivity index (χ4v) is 3.20. The third-order valence-corrected chi connectivity index (χ3v) is 4.80. The molecule has 0 bridgehead atoms. The second-order valence-corrected chi connectivity index (χ2v) is 7.65. The van der Waals surface area contributed by atoms with Crippen LogP contribution >= 0.6 is 0 Å². The second kappa shape index (κ2) is 9.39. The van der Waals surface area contributed by atoms with E-state index in [0.717, 1.165) is 11.1 Å². The van der Waals surface area contributed by atoms with Crippen LogP contribution in [0.15, 0.2) is 63.8 Å². The highest BCUT2D eigenvalue weighted by Gasteiger charge is 2.26. The molecule has 3 rings (SSSR count). The summed E-state index contributed by atoms with van der Waals surface area (Å²) in [5.74, 6) is -0.949. The van der Waals surface area contributed by atoms with E-state index in [9.17, 15) is 14.4 Å². The van der Waals surface area contributed by atoms with Crippen molar-refractivity contribution in [3.63, 3.8) is 0 Å². The first-order valence-electron chi connectivity index (χ1n) is 9.87. The van der Waals surface area contributed by atoms with Gasteiger partial charge in [0.05, 0.1) is 6.42 Å². The Bertz CT molecular complexity index is 1100. The number of nitrogens with one attached hydrogen (secondary N) is 1. The van der Waals surface area contributed by atoms with Crippen LogP contribution in [0.4, 0.5) is 0 Å². The van der Waals surface area contributed by atoms with Crippen molar-refractivity contribution >= 4 is 22.8 Å². The molecule has 6 heteroatoms. The van der Waals surface area contributed by atoms with Crippen LogP contribution in [0.3, 0.4) is 0 Å². The van der Waals surface area contributed by atoms with Gasteiger partial charge in [0, 0.05) is 17.0 Å². The summed E-state index contributed by atoms with van der Waals surface area (Å²) in [6.45, 7) is 5.49. The number of ether oxygens (including phenoxy) is 1. The molecule has 3 aromatic rings. The zero-order chi connectivity index (χ0) is 21.7. The zero-order valence-corrected chi connectivity index (χ0v) is 17.3. The molecule has 0 saturated carbocycles. The molecule has 1 aromatic heterocycles. The maximum Gasteiger partial charge on any atom is 0.336 e. The maximum absolute atomic E-state index is 12.7. The molecule has 0 radical (unpaired) electrons. The molecule has 1 heterocycles. The molecule has 0 unspecified atom stereocenters. The van der Waals surface area contributed by atoms with Gasteiger partial charge in [-0.15, -0.1) is 0 Å². The van der Waals surface area contributed by atoms with E-state index in [1.165, 1.54) is 6.07 Å². The number of benzene rings is 2. The number of hydrogen-bond acceptors (Lipinski definition) is 5. The number of amides is 1. The number of carbonyl (C=O) groups excluding carboxylic acids is 2. The summed E-state index contributed by atoms with van der Waals surface area (Å²) < 4.78 is 10.7. The summed E-state index contributed by atoms with van der Waals surface area (Å²) in [4.78, 5) is 36.9. The summed E-state index contributed by atoms with van der Waals surface area (Å²) >= 11 is 0. The van der Waals surface area contributed by atoms with Crippen molar-refractivity contribution in [2.24, 2.45) is 5.92 Å². The van der Waals surface area contributed by atoms with E-state index in [-0.39, 0.29) is 24.9 Å². The van der Waals surface area contributed by atoms with Gasteiger partial charge in [0.15, 0.2) is 0 Å². The van der Waals surface area contributed by atoms with Gasteiger partial charge < -0.3 is 14.5 Å². The minimum absolute atomic E-state index is 0.0816. The Morgan fingerprint density at radius 1 is 1.07 bits per heavy atom. The Morgan fingerprint density at radius 2 is 1.80 bits per heavy atom. The van der Waals surface area contributed by atoms with E-state index in [0.29, 0.717) is 16.5 Å². The highest BCUT2D eigenvalue weighted by molar-refractivity contribution is 5.86. The van der Waals surface area contributed by atoms with Gasteiger partial charge in [-0.1, -0.05) is 56.3 Å². The van der Waals surface area contributed by atoms with Gasteiger partial charge in [0.2, 0.25) is 5.91 Å². The molecule has 1 atom stereocenters. The first-order valence-corrected chi connectivity index (χ1v) is 9.87. The molecule has 0 saturated heterocycles. The van der Waals surface area contributed by atoms with Gasteiger partial charge in [-0.05, 0) is 30.0 Å². The van der Waals surface area contributed by atoms with E-state index < -0.39 is 17.6 Å². The Labute approximate surface area is 174 Å². The van der Waals surface area contributed by atoms with Gasteiger partial charge in [0.25, 0.3) is 0 Å². The molecule has 2 aromatic carbocycles. The molecular weight excluding hydrogens is 382 g/mol. The van der Waals surface area contributed by atoms with Crippen LogP contribution in [0.1, 0.15) is 30.5 Å². The summed E-state index contributed by atoms with van der Waals surface area (Å²) in [5.41, 5.74) is 2.33. The molecule has 6 nitrogen and oxygen atoms in total. The second-order valence-electron chi connectivity index (χ2n) is 7.65. The maximum atomic E-state index is 12.7. The summed E-state index contributed by atoms with van der Waals surface area (Å²) in [5, 5.41) is 3.47. The largest absolute Gasteiger partial charge is 0.459 e. The van der Waals surface area contributed by atoms with Crippen LogP contribution in [0.5, 0.6) is 0 Å². The molecule has 156 valence electrons. The smallest absolute Gasteiger partial charge is 0.336 e. The molecule has 0 aliphatic rings. The molecule has 0 aliphatic heterocycles. The molecule has 30 heavy (non-hydrogen) atoms. The van der Waals surface area contributed by atoms with Crippen LogP contribution in [0, 0.1) is 12.8 Å². The van der Waals surface area contributed by atoms with Crippen molar-refractivity contribution in [1.82, 2.24) is 5.32 Å². The Kier molecular flexibility index (Phi) is 6.67. The Morgan fingerprint density at radius 3 is 2.50 bits per heavy atom. The van der Waals surface area contributed by atoms with Gasteiger partial charge >= 0.3 is 11.6 Å². The van der Waals surface area contributed by atoms with Crippen LogP contribution in [-0.2, 0) is 27.4 Å². The van der Waals surface area contributed by atoms with Gasteiger partial charge in [-0.25, -0.2) is 9.59 Å². The quantitative estimate of drug-likeness (QED) is 0.478. The molecule has 1 N–H and O–H groups in total. The fourth-order valence-electron chi connectivity index (χ4n) is 3.20. The average Bonchev–Trinajstić information content (AvgIpc) is 2.70. The Hall–Kier alpha value is -3.41. The highest BCUT2D eigenvalue weighted by Crippen LogP contribution is 2.19. The summed E-state index contributed by atoms with van der Waals surface area (Å²) in [6.07, 6.45) is 0.182. The van der Waals surface area contributed by atoms with E-state index >= 15 is 0 Å². The van der Waals surface area contributed by atoms with E-state index in [4.69, 9.17) is 9.15 Å².